The average Bonchev–Trinajstić information content (AvgIpc) is 2.96. The molecule has 3 rings (SSSR count). The van der Waals surface area contributed by atoms with Gasteiger partial charge in [-0.25, -0.2) is 0 Å². The number of hydrogen-bond donors (Lipinski definition) is 0. The molecule has 0 radical (unpaired) electrons. The van der Waals surface area contributed by atoms with Crippen LogP contribution in [-0.4, -0.2) is 8.07 Å². The summed E-state index contributed by atoms with van der Waals surface area (Å²) < 4.78 is 6.84. The average molecular weight is 247 g/mol. The van der Waals surface area contributed by atoms with Crippen molar-refractivity contribution in [3.63, 3.8) is 0 Å². The summed E-state index contributed by atoms with van der Waals surface area (Å²) in [7, 11) is -1.49. The Bertz CT molecular complexity index is 579. The van der Waals surface area contributed by atoms with Crippen molar-refractivity contribution in [2.75, 3.05) is 0 Å². The van der Waals surface area contributed by atoms with Gasteiger partial charge >= 0.3 is 0 Å². The Hall–Kier alpha value is -1.29. The number of pyridine rings is 1. The van der Waals surface area contributed by atoms with E-state index in [9.17, 15) is 5.21 Å². The number of aromatic nitrogens is 1. The number of nitrogens with zero attached hydrogens (tertiary/aromatic N) is 1. The van der Waals surface area contributed by atoms with Gasteiger partial charge in [0.1, 0.15) is 8.07 Å². The van der Waals surface area contributed by atoms with Gasteiger partial charge in [0.15, 0.2) is 11.8 Å². The van der Waals surface area contributed by atoms with Crippen molar-refractivity contribution in [2.45, 2.75) is 38.4 Å². The first-order valence-electron chi connectivity index (χ1n) is 6.12. The van der Waals surface area contributed by atoms with E-state index < -0.39 is 8.07 Å². The van der Waals surface area contributed by atoms with Gasteiger partial charge in [-0.2, -0.15) is 4.73 Å². The monoisotopic (exact) mass is 247 g/mol. The first kappa shape index (κ1) is 10.8. The maximum atomic E-state index is 11.9. The Labute approximate surface area is 102 Å². The summed E-state index contributed by atoms with van der Waals surface area (Å²) in [4.78, 5) is 0. The molecule has 1 saturated carbocycles. The van der Waals surface area contributed by atoms with Crippen LogP contribution < -0.4 is 10.1 Å². The highest BCUT2D eigenvalue weighted by Crippen LogP contribution is 2.40. The maximum absolute atomic E-state index is 11.9. The van der Waals surface area contributed by atoms with E-state index in [-0.39, 0.29) is 0 Å². The van der Waals surface area contributed by atoms with E-state index in [1.807, 2.05) is 12.1 Å². The van der Waals surface area contributed by atoms with E-state index >= 15 is 0 Å². The van der Waals surface area contributed by atoms with E-state index in [0.29, 0.717) is 11.4 Å². The molecule has 0 atom stereocenters. The molecule has 2 aromatic rings. The molecule has 0 aromatic carbocycles. The second-order valence-corrected chi connectivity index (χ2v) is 11.0. The fraction of sp³-hybridized carbons (Fsp3) is 0.462. The van der Waals surface area contributed by atoms with Crippen LogP contribution in [-0.2, 0) is 0 Å². The van der Waals surface area contributed by atoms with Crippen LogP contribution in [0.15, 0.2) is 22.7 Å². The summed E-state index contributed by atoms with van der Waals surface area (Å²) >= 11 is 0. The van der Waals surface area contributed by atoms with Crippen molar-refractivity contribution in [1.82, 2.24) is 0 Å². The number of rotatable bonds is 2. The molecule has 2 aromatic heterocycles. The molecule has 2 heterocycles. The minimum Gasteiger partial charge on any atom is -0.618 e. The molecular formula is C13H17NO2Si. The SMILES string of the molecule is C[Si](C)(C)c1cc2c(cc(C3CC3)c[n+]2[O-])o1. The molecule has 1 aliphatic carbocycles. The van der Waals surface area contributed by atoms with Gasteiger partial charge in [0.05, 0.1) is 5.38 Å². The second kappa shape index (κ2) is 3.35. The molecule has 4 heteroatoms. The molecule has 0 bridgehead atoms. The van der Waals surface area contributed by atoms with Gasteiger partial charge in [-0.15, -0.1) is 0 Å². The van der Waals surface area contributed by atoms with Gasteiger partial charge in [-0.1, -0.05) is 19.6 Å². The third-order valence-electron chi connectivity index (χ3n) is 3.33. The molecule has 90 valence electrons. The zero-order chi connectivity index (χ0) is 12.2. The van der Waals surface area contributed by atoms with Crippen molar-refractivity contribution in [3.8, 4) is 0 Å². The van der Waals surface area contributed by atoms with Crippen molar-refractivity contribution < 1.29 is 9.15 Å². The molecule has 0 amide bonds. The minimum absolute atomic E-state index is 0.583. The summed E-state index contributed by atoms with van der Waals surface area (Å²) in [6, 6.07) is 3.97. The predicted octanol–water partition coefficient (Wildman–Crippen LogP) is 2.49. The van der Waals surface area contributed by atoms with Crippen LogP contribution in [0.3, 0.4) is 0 Å². The molecule has 1 fully saturated rings. The van der Waals surface area contributed by atoms with Gasteiger partial charge in [0.2, 0.25) is 0 Å². The molecule has 0 spiro atoms. The van der Waals surface area contributed by atoms with Gasteiger partial charge < -0.3 is 9.62 Å². The fourth-order valence-corrected chi connectivity index (χ4v) is 3.06. The lowest BCUT2D eigenvalue weighted by molar-refractivity contribution is -0.577. The first-order valence-corrected chi connectivity index (χ1v) is 9.62. The summed E-state index contributed by atoms with van der Waals surface area (Å²) in [5.74, 6) is 0.583. The molecule has 3 nitrogen and oxygen atoms in total. The van der Waals surface area contributed by atoms with Crippen molar-refractivity contribution in [1.29, 1.82) is 0 Å². The third-order valence-corrected chi connectivity index (χ3v) is 5.05. The van der Waals surface area contributed by atoms with Gasteiger partial charge in [0, 0.05) is 11.6 Å². The number of hydrogen-bond acceptors (Lipinski definition) is 2. The van der Waals surface area contributed by atoms with Gasteiger partial charge in [-0.3, -0.25) is 0 Å². The molecule has 0 aliphatic heterocycles. The second-order valence-electron chi connectivity index (χ2n) is 5.98. The minimum atomic E-state index is -1.49. The van der Waals surface area contributed by atoms with Crippen molar-refractivity contribution >= 4 is 24.6 Å². The predicted molar refractivity (Wildman–Crippen MR) is 70.1 cm³/mol. The zero-order valence-electron chi connectivity index (χ0n) is 10.5. The Morgan fingerprint density at radius 3 is 2.59 bits per heavy atom. The number of fused-ring (bicyclic) bond motifs is 1. The van der Waals surface area contributed by atoms with Crippen LogP contribution in [0.4, 0.5) is 0 Å². The van der Waals surface area contributed by atoms with E-state index in [1.54, 1.807) is 6.20 Å². The summed E-state index contributed by atoms with van der Waals surface area (Å²) in [5.41, 5.74) is 2.55. The summed E-state index contributed by atoms with van der Waals surface area (Å²) in [5, 5.41) is 12.9. The Balaban J connectivity index is 2.17. The molecule has 0 saturated heterocycles. The highest BCUT2D eigenvalue weighted by molar-refractivity contribution is 6.87. The van der Waals surface area contributed by atoms with Crippen molar-refractivity contribution in [3.05, 3.63) is 29.1 Å². The van der Waals surface area contributed by atoms with Crippen LogP contribution in [0.1, 0.15) is 24.3 Å². The zero-order valence-corrected chi connectivity index (χ0v) is 11.5. The van der Waals surface area contributed by atoms with E-state index in [1.165, 1.54) is 12.8 Å². The third kappa shape index (κ3) is 1.86. The summed E-state index contributed by atoms with van der Waals surface area (Å²) in [6.07, 6.45) is 4.11. The molecule has 0 N–H and O–H groups in total. The molecule has 1 aliphatic rings. The lowest BCUT2D eigenvalue weighted by Crippen LogP contribution is -2.36. The normalized spacial score (nSPS) is 16.6. The Morgan fingerprint density at radius 2 is 2.00 bits per heavy atom. The van der Waals surface area contributed by atoms with E-state index in [0.717, 1.165) is 21.3 Å². The van der Waals surface area contributed by atoms with Gasteiger partial charge in [-0.05, 0) is 24.8 Å². The highest BCUT2D eigenvalue weighted by Gasteiger charge is 2.29. The molecular weight excluding hydrogens is 230 g/mol. The summed E-state index contributed by atoms with van der Waals surface area (Å²) in [6.45, 7) is 6.67. The Kier molecular flexibility index (Phi) is 2.14. The quantitative estimate of drug-likeness (QED) is 0.465. The molecule has 0 unspecified atom stereocenters. The van der Waals surface area contributed by atoms with Crippen LogP contribution in [0.25, 0.3) is 11.1 Å². The first-order chi connectivity index (χ1) is 7.95. The number of furan rings is 1. The van der Waals surface area contributed by atoms with Gasteiger partial charge in [0.25, 0.3) is 5.52 Å². The molecule has 17 heavy (non-hydrogen) atoms. The van der Waals surface area contributed by atoms with E-state index in [2.05, 4.69) is 19.6 Å². The topological polar surface area (TPSA) is 40.1 Å². The van der Waals surface area contributed by atoms with Crippen molar-refractivity contribution in [2.24, 2.45) is 0 Å². The Morgan fingerprint density at radius 1 is 1.29 bits per heavy atom. The lowest BCUT2D eigenvalue weighted by atomic mass is 10.2. The van der Waals surface area contributed by atoms with Crippen LogP contribution in [0.5, 0.6) is 0 Å². The van der Waals surface area contributed by atoms with E-state index in [4.69, 9.17) is 4.42 Å². The highest BCUT2D eigenvalue weighted by atomic mass is 28.3. The lowest BCUT2D eigenvalue weighted by Gasteiger charge is -2.09. The van der Waals surface area contributed by atoms with Crippen LogP contribution in [0.2, 0.25) is 19.6 Å². The smallest absolute Gasteiger partial charge is 0.262 e. The fourth-order valence-electron chi connectivity index (χ4n) is 2.07. The largest absolute Gasteiger partial charge is 0.618 e. The van der Waals surface area contributed by atoms with Crippen LogP contribution >= 0.6 is 0 Å². The standard InChI is InChI=1S/C13H17NO2Si/c1-17(2,3)13-7-11-12(16-13)6-10(8-14(11)15)9-4-5-9/h6-9H,4-5H2,1-3H3. The maximum Gasteiger partial charge on any atom is 0.262 e. The van der Waals surface area contributed by atoms with Crippen LogP contribution in [0, 0.1) is 5.21 Å².